The Kier molecular flexibility index (Phi) is 5.87. The van der Waals surface area contributed by atoms with E-state index in [0.717, 1.165) is 5.57 Å². The number of allylic oxidation sites excluding steroid dienone is 4. The molecular formula is C25H25NO. The van der Waals surface area contributed by atoms with Gasteiger partial charge in [0.25, 0.3) is 0 Å². The first-order valence-corrected chi connectivity index (χ1v) is 9.21. The number of carbonyl (C=O) groups excluding carboxylic acids is 1. The van der Waals surface area contributed by atoms with Crippen LogP contribution in [0.3, 0.4) is 0 Å². The van der Waals surface area contributed by atoms with Crippen LogP contribution in [0, 0.1) is 0 Å². The van der Waals surface area contributed by atoms with E-state index >= 15 is 0 Å². The second kappa shape index (κ2) is 8.50. The van der Waals surface area contributed by atoms with E-state index in [9.17, 15) is 4.79 Å². The molecular weight excluding hydrogens is 330 g/mol. The molecule has 2 aromatic carbocycles. The summed E-state index contributed by atoms with van der Waals surface area (Å²) in [5.41, 5.74) is 5.80. The highest BCUT2D eigenvalue weighted by Crippen LogP contribution is 2.36. The number of amides is 1. The Hall–Kier alpha value is -3.13. The van der Waals surface area contributed by atoms with Gasteiger partial charge in [0.15, 0.2) is 0 Å². The summed E-state index contributed by atoms with van der Waals surface area (Å²) in [5, 5.41) is 0. The third-order valence-electron chi connectivity index (χ3n) is 4.94. The summed E-state index contributed by atoms with van der Waals surface area (Å²) in [4.78, 5) is 14.1. The molecule has 0 fully saturated rings. The van der Waals surface area contributed by atoms with Gasteiger partial charge in [0.1, 0.15) is 0 Å². The van der Waals surface area contributed by atoms with E-state index in [-0.39, 0.29) is 11.8 Å². The summed E-state index contributed by atoms with van der Waals surface area (Å²) in [6.45, 7) is 11.1. The van der Waals surface area contributed by atoms with Crippen molar-refractivity contribution in [2.24, 2.45) is 0 Å². The molecule has 27 heavy (non-hydrogen) atoms. The zero-order chi connectivity index (χ0) is 19.2. The van der Waals surface area contributed by atoms with E-state index in [1.165, 1.54) is 28.3 Å². The maximum absolute atomic E-state index is 12.2. The first-order valence-electron chi connectivity index (χ1n) is 9.21. The molecule has 0 spiro atoms. The normalized spacial score (nSPS) is 16.5. The van der Waals surface area contributed by atoms with Gasteiger partial charge < -0.3 is 4.90 Å². The zero-order valence-electron chi connectivity index (χ0n) is 15.8. The molecule has 2 heteroatoms. The Bertz CT molecular complexity index is 905. The maximum Gasteiger partial charge on any atom is 0.246 e. The van der Waals surface area contributed by atoms with Crippen molar-refractivity contribution in [2.75, 3.05) is 6.54 Å². The van der Waals surface area contributed by atoms with Crippen LogP contribution in [0.4, 0.5) is 0 Å². The number of fused-ring (bicyclic) bond motifs is 1. The molecule has 1 aliphatic heterocycles. The average molecular weight is 355 g/mol. The first kappa shape index (κ1) is 18.7. The van der Waals surface area contributed by atoms with Crippen LogP contribution in [-0.4, -0.2) is 17.4 Å². The molecule has 1 aliphatic rings. The Morgan fingerprint density at radius 3 is 2.59 bits per heavy atom. The van der Waals surface area contributed by atoms with E-state index in [2.05, 4.69) is 55.6 Å². The molecule has 0 N–H and O–H groups in total. The second-order valence-corrected chi connectivity index (χ2v) is 6.71. The minimum atomic E-state index is -0.0389. The summed E-state index contributed by atoms with van der Waals surface area (Å²) in [7, 11) is 0. The van der Waals surface area contributed by atoms with E-state index < -0.39 is 0 Å². The van der Waals surface area contributed by atoms with Crippen molar-refractivity contribution in [3.63, 3.8) is 0 Å². The maximum atomic E-state index is 12.2. The van der Waals surface area contributed by atoms with Gasteiger partial charge in [0.2, 0.25) is 5.91 Å². The van der Waals surface area contributed by atoms with Gasteiger partial charge in [-0.1, -0.05) is 86.0 Å². The lowest BCUT2D eigenvalue weighted by Gasteiger charge is -2.35. The van der Waals surface area contributed by atoms with E-state index in [1.54, 1.807) is 0 Å². The molecule has 1 heterocycles. The summed E-state index contributed by atoms with van der Waals surface area (Å²) in [5.74, 6) is 0.0332. The average Bonchev–Trinajstić information content (AvgIpc) is 2.72. The minimum Gasteiger partial charge on any atom is -0.334 e. The third-order valence-corrected chi connectivity index (χ3v) is 4.94. The number of hydrogen-bond acceptors (Lipinski definition) is 1. The number of hydrogen-bond donors (Lipinski definition) is 0. The van der Waals surface area contributed by atoms with Crippen molar-refractivity contribution < 1.29 is 4.79 Å². The van der Waals surface area contributed by atoms with Crippen molar-refractivity contribution in [1.29, 1.82) is 0 Å². The molecule has 0 aromatic heterocycles. The number of rotatable bonds is 5. The van der Waals surface area contributed by atoms with Gasteiger partial charge in [-0.25, -0.2) is 0 Å². The first-order chi connectivity index (χ1) is 13.1. The van der Waals surface area contributed by atoms with E-state index in [1.807, 2.05) is 42.2 Å². The molecule has 0 saturated carbocycles. The van der Waals surface area contributed by atoms with Gasteiger partial charge in [-0.05, 0) is 40.8 Å². The monoisotopic (exact) mass is 355 g/mol. The lowest BCUT2D eigenvalue weighted by molar-refractivity contribution is -0.127. The predicted molar refractivity (Wildman–Crippen MR) is 113 cm³/mol. The predicted octanol–water partition coefficient (Wildman–Crippen LogP) is 5.65. The second-order valence-electron chi connectivity index (χ2n) is 6.71. The molecule has 2 aromatic rings. The highest BCUT2D eigenvalue weighted by molar-refractivity contribution is 5.87. The van der Waals surface area contributed by atoms with Crippen LogP contribution in [0.15, 0.2) is 97.6 Å². The van der Waals surface area contributed by atoms with Crippen LogP contribution in [0.5, 0.6) is 0 Å². The van der Waals surface area contributed by atoms with Crippen molar-refractivity contribution >= 4 is 5.91 Å². The molecule has 1 atom stereocenters. The largest absolute Gasteiger partial charge is 0.334 e. The summed E-state index contributed by atoms with van der Waals surface area (Å²) >= 11 is 0. The molecule has 0 bridgehead atoms. The fourth-order valence-electron chi connectivity index (χ4n) is 3.48. The Morgan fingerprint density at radius 1 is 1.11 bits per heavy atom. The number of nitrogens with zero attached hydrogens (tertiary/aromatic N) is 1. The van der Waals surface area contributed by atoms with Gasteiger partial charge in [-0.3, -0.25) is 4.79 Å². The van der Waals surface area contributed by atoms with Gasteiger partial charge in [-0.15, -0.1) is 0 Å². The number of benzene rings is 2. The molecule has 0 radical (unpaired) electrons. The zero-order valence-corrected chi connectivity index (χ0v) is 15.8. The van der Waals surface area contributed by atoms with Crippen LogP contribution < -0.4 is 0 Å². The summed E-state index contributed by atoms with van der Waals surface area (Å²) in [6.07, 6.45) is 9.39. The SMILES string of the molecule is C=CC(=O)N1Cc2ccc(-c3ccccc3)cc2[C@@H](C(=C)/C=C\C=C/C)C1. The topological polar surface area (TPSA) is 20.3 Å². The van der Waals surface area contributed by atoms with Crippen molar-refractivity contribution in [3.8, 4) is 11.1 Å². The fourth-order valence-corrected chi connectivity index (χ4v) is 3.48. The molecule has 0 unspecified atom stereocenters. The standard InChI is InChI=1S/C25H25NO/c1-4-6-8-11-19(3)24-18-26(25(27)5-2)17-22-15-14-21(16-23(22)24)20-12-9-7-10-13-20/h4-16,24H,2-3,17-18H2,1H3/b6-4-,11-8-/t24-/m1/s1. The fraction of sp³-hybridized carbons (Fsp3) is 0.160. The van der Waals surface area contributed by atoms with Crippen molar-refractivity contribution in [1.82, 2.24) is 4.90 Å². The van der Waals surface area contributed by atoms with Crippen molar-refractivity contribution in [2.45, 2.75) is 19.4 Å². The number of carbonyl (C=O) groups is 1. The molecule has 1 amide bonds. The van der Waals surface area contributed by atoms with Crippen LogP contribution in [0.25, 0.3) is 11.1 Å². The smallest absolute Gasteiger partial charge is 0.246 e. The quantitative estimate of drug-likeness (QED) is 0.501. The molecule has 3 rings (SSSR count). The molecule has 0 aliphatic carbocycles. The Morgan fingerprint density at radius 2 is 1.89 bits per heavy atom. The highest BCUT2D eigenvalue weighted by Gasteiger charge is 2.28. The lowest BCUT2D eigenvalue weighted by atomic mass is 9.83. The molecule has 136 valence electrons. The van der Waals surface area contributed by atoms with Crippen LogP contribution in [0.1, 0.15) is 24.0 Å². The van der Waals surface area contributed by atoms with Crippen LogP contribution in [0.2, 0.25) is 0 Å². The van der Waals surface area contributed by atoms with Gasteiger partial charge >= 0.3 is 0 Å². The lowest BCUT2D eigenvalue weighted by Crippen LogP contribution is -2.37. The van der Waals surface area contributed by atoms with E-state index in [0.29, 0.717) is 13.1 Å². The summed E-state index contributed by atoms with van der Waals surface area (Å²) < 4.78 is 0. The van der Waals surface area contributed by atoms with Gasteiger partial charge in [0.05, 0.1) is 0 Å². The van der Waals surface area contributed by atoms with Crippen LogP contribution >= 0.6 is 0 Å². The molecule has 2 nitrogen and oxygen atoms in total. The Balaban J connectivity index is 2.02. The van der Waals surface area contributed by atoms with Crippen LogP contribution in [-0.2, 0) is 11.3 Å². The molecule has 0 saturated heterocycles. The van der Waals surface area contributed by atoms with Crippen molar-refractivity contribution in [3.05, 3.63) is 109 Å². The van der Waals surface area contributed by atoms with E-state index in [4.69, 9.17) is 0 Å². The highest BCUT2D eigenvalue weighted by atomic mass is 16.2. The summed E-state index contributed by atoms with van der Waals surface area (Å²) in [6, 6.07) is 16.9. The van der Waals surface area contributed by atoms with Gasteiger partial charge in [0, 0.05) is 19.0 Å². The third kappa shape index (κ3) is 4.17. The van der Waals surface area contributed by atoms with Gasteiger partial charge in [-0.2, -0.15) is 0 Å². The Labute approximate surface area is 161 Å². The minimum absolute atomic E-state index is 0.0389.